The number of hydrogen-bond acceptors (Lipinski definition) is 4. The van der Waals surface area contributed by atoms with E-state index in [2.05, 4.69) is 15.6 Å². The molecule has 1 atom stereocenters. The summed E-state index contributed by atoms with van der Waals surface area (Å²) in [6, 6.07) is 5.76. The molecule has 0 spiro atoms. The Morgan fingerprint density at radius 3 is 2.88 bits per heavy atom. The number of hydrogen-bond donors (Lipinski definition) is 2. The van der Waals surface area contributed by atoms with Crippen molar-refractivity contribution in [3.63, 3.8) is 0 Å². The number of carbonyl (C=O) groups is 1. The topological polar surface area (TPSA) is 76.4 Å². The molecule has 0 aliphatic carbocycles. The maximum absolute atomic E-state index is 12.9. The third-order valence-corrected chi connectivity index (χ3v) is 3.88. The van der Waals surface area contributed by atoms with Gasteiger partial charge in [-0.15, -0.1) is 0 Å². The molecule has 0 radical (unpaired) electrons. The Labute approximate surface area is 139 Å². The lowest BCUT2D eigenvalue weighted by Gasteiger charge is -2.10. The number of benzene rings is 1. The third-order valence-electron chi connectivity index (χ3n) is 3.88. The van der Waals surface area contributed by atoms with Crippen LogP contribution in [0.15, 0.2) is 34.9 Å². The molecule has 1 aliphatic heterocycles. The van der Waals surface area contributed by atoms with Crippen LogP contribution in [0, 0.1) is 11.7 Å². The number of aromatic nitrogens is 1. The summed E-state index contributed by atoms with van der Waals surface area (Å²) in [4.78, 5) is 16.0. The van der Waals surface area contributed by atoms with Gasteiger partial charge in [0.2, 0.25) is 5.89 Å². The van der Waals surface area contributed by atoms with E-state index in [-0.39, 0.29) is 11.8 Å². The fourth-order valence-corrected chi connectivity index (χ4v) is 2.49. The minimum absolute atomic E-state index is 0.191. The van der Waals surface area contributed by atoms with Crippen LogP contribution in [0.5, 0.6) is 0 Å². The highest BCUT2D eigenvalue weighted by molar-refractivity contribution is 5.73. The van der Waals surface area contributed by atoms with Crippen LogP contribution >= 0.6 is 0 Å². The summed E-state index contributed by atoms with van der Waals surface area (Å²) in [6.45, 7) is 2.58. The number of oxazole rings is 1. The molecule has 1 aromatic heterocycles. The van der Waals surface area contributed by atoms with Crippen LogP contribution in [0.25, 0.3) is 11.5 Å². The van der Waals surface area contributed by atoms with Gasteiger partial charge in [0.15, 0.2) is 0 Å². The lowest BCUT2D eigenvalue weighted by Crippen LogP contribution is -2.39. The SMILES string of the molecule is O=C(NCCc1coc(-c2ccc(F)cc2)n1)NC[C@@H]1CCOC1. The van der Waals surface area contributed by atoms with Gasteiger partial charge in [0, 0.05) is 37.6 Å². The van der Waals surface area contributed by atoms with E-state index in [1.54, 1.807) is 18.4 Å². The number of amides is 2. The van der Waals surface area contributed by atoms with E-state index in [1.807, 2.05) is 0 Å². The van der Waals surface area contributed by atoms with Crippen molar-refractivity contribution in [1.29, 1.82) is 0 Å². The van der Waals surface area contributed by atoms with E-state index in [4.69, 9.17) is 9.15 Å². The van der Waals surface area contributed by atoms with E-state index >= 15 is 0 Å². The van der Waals surface area contributed by atoms with Gasteiger partial charge in [-0.05, 0) is 30.7 Å². The second-order valence-corrected chi connectivity index (χ2v) is 5.77. The molecule has 128 valence electrons. The molecule has 24 heavy (non-hydrogen) atoms. The van der Waals surface area contributed by atoms with Crippen molar-refractivity contribution in [2.45, 2.75) is 12.8 Å². The van der Waals surface area contributed by atoms with Crippen molar-refractivity contribution >= 4 is 6.03 Å². The van der Waals surface area contributed by atoms with Crippen LogP contribution < -0.4 is 10.6 Å². The number of ether oxygens (including phenoxy) is 1. The molecule has 6 nitrogen and oxygen atoms in total. The van der Waals surface area contributed by atoms with Crippen molar-refractivity contribution < 1.29 is 18.3 Å². The molecule has 2 aromatic rings. The van der Waals surface area contributed by atoms with Crippen molar-refractivity contribution in [2.24, 2.45) is 5.92 Å². The van der Waals surface area contributed by atoms with E-state index in [0.29, 0.717) is 43.5 Å². The lowest BCUT2D eigenvalue weighted by atomic mass is 10.1. The molecule has 1 aliphatic rings. The van der Waals surface area contributed by atoms with E-state index in [1.165, 1.54) is 12.1 Å². The molecule has 0 saturated carbocycles. The largest absolute Gasteiger partial charge is 0.444 e. The highest BCUT2D eigenvalue weighted by Crippen LogP contribution is 2.19. The molecule has 3 rings (SSSR count). The van der Waals surface area contributed by atoms with Crippen molar-refractivity contribution in [3.8, 4) is 11.5 Å². The summed E-state index contributed by atoms with van der Waals surface area (Å²) in [5.41, 5.74) is 1.45. The molecule has 2 heterocycles. The summed E-state index contributed by atoms with van der Waals surface area (Å²) >= 11 is 0. The number of nitrogens with one attached hydrogen (secondary N) is 2. The van der Waals surface area contributed by atoms with E-state index < -0.39 is 0 Å². The van der Waals surface area contributed by atoms with Crippen LogP contribution in [0.1, 0.15) is 12.1 Å². The first-order valence-electron chi connectivity index (χ1n) is 8.00. The fourth-order valence-electron chi connectivity index (χ4n) is 2.49. The normalized spacial score (nSPS) is 17.0. The minimum atomic E-state index is -0.301. The highest BCUT2D eigenvalue weighted by Gasteiger charge is 2.16. The standard InChI is InChI=1S/C17H20FN3O3/c18-14-3-1-13(2-4-14)16-21-15(11-24-16)5-7-19-17(22)20-9-12-6-8-23-10-12/h1-4,11-12H,5-10H2,(H2,19,20,22)/t12-/m0/s1. The van der Waals surface area contributed by atoms with Gasteiger partial charge in [-0.25, -0.2) is 14.2 Å². The third kappa shape index (κ3) is 4.55. The summed E-state index contributed by atoms with van der Waals surface area (Å²) < 4.78 is 23.6. The van der Waals surface area contributed by atoms with Gasteiger partial charge in [0.1, 0.15) is 12.1 Å². The monoisotopic (exact) mass is 333 g/mol. The smallest absolute Gasteiger partial charge is 0.314 e. The quantitative estimate of drug-likeness (QED) is 0.851. The molecule has 1 saturated heterocycles. The van der Waals surface area contributed by atoms with Gasteiger partial charge in [-0.1, -0.05) is 0 Å². The Morgan fingerprint density at radius 2 is 2.12 bits per heavy atom. The first-order valence-corrected chi connectivity index (χ1v) is 8.00. The Balaban J connectivity index is 1.40. The molecule has 2 amide bonds. The number of rotatable bonds is 6. The van der Waals surface area contributed by atoms with E-state index in [0.717, 1.165) is 18.7 Å². The minimum Gasteiger partial charge on any atom is -0.444 e. The van der Waals surface area contributed by atoms with Gasteiger partial charge in [-0.2, -0.15) is 0 Å². The van der Waals surface area contributed by atoms with Gasteiger partial charge < -0.3 is 19.8 Å². The van der Waals surface area contributed by atoms with Gasteiger partial charge >= 0.3 is 6.03 Å². The summed E-state index contributed by atoms with van der Waals surface area (Å²) in [7, 11) is 0. The Bertz CT molecular complexity index is 666. The zero-order valence-electron chi connectivity index (χ0n) is 13.3. The molecule has 1 aromatic carbocycles. The molecule has 2 N–H and O–H groups in total. The molecule has 0 unspecified atom stereocenters. The summed E-state index contributed by atoms with van der Waals surface area (Å²) in [5, 5.41) is 5.63. The fraction of sp³-hybridized carbons (Fsp3) is 0.412. The van der Waals surface area contributed by atoms with Gasteiger partial charge in [0.05, 0.1) is 12.3 Å². The van der Waals surface area contributed by atoms with Crippen molar-refractivity contribution in [3.05, 3.63) is 42.0 Å². The molecular formula is C17H20FN3O3. The summed E-state index contributed by atoms with van der Waals surface area (Å²) in [6.07, 6.45) is 3.10. The van der Waals surface area contributed by atoms with E-state index in [9.17, 15) is 9.18 Å². The maximum atomic E-state index is 12.9. The second-order valence-electron chi connectivity index (χ2n) is 5.77. The Hall–Kier alpha value is -2.41. The number of urea groups is 1. The number of nitrogens with zero attached hydrogens (tertiary/aromatic N) is 1. The average molecular weight is 333 g/mol. The predicted octanol–water partition coefficient (Wildman–Crippen LogP) is 2.36. The van der Waals surface area contributed by atoms with Crippen LogP contribution in [-0.2, 0) is 11.2 Å². The van der Waals surface area contributed by atoms with Gasteiger partial charge in [0.25, 0.3) is 0 Å². The first-order chi connectivity index (χ1) is 11.7. The molecular weight excluding hydrogens is 313 g/mol. The van der Waals surface area contributed by atoms with Crippen molar-refractivity contribution in [1.82, 2.24) is 15.6 Å². The average Bonchev–Trinajstić information content (AvgIpc) is 3.25. The Morgan fingerprint density at radius 1 is 1.29 bits per heavy atom. The molecule has 1 fully saturated rings. The summed E-state index contributed by atoms with van der Waals surface area (Å²) in [5.74, 6) is 0.546. The first kappa shape index (κ1) is 16.4. The lowest BCUT2D eigenvalue weighted by molar-refractivity contribution is 0.185. The van der Waals surface area contributed by atoms with Crippen LogP contribution in [-0.4, -0.2) is 37.3 Å². The number of halogens is 1. The van der Waals surface area contributed by atoms with Gasteiger partial charge in [-0.3, -0.25) is 0 Å². The maximum Gasteiger partial charge on any atom is 0.314 e. The zero-order chi connectivity index (χ0) is 16.8. The second kappa shape index (κ2) is 7.92. The van der Waals surface area contributed by atoms with Crippen molar-refractivity contribution in [2.75, 3.05) is 26.3 Å². The zero-order valence-corrected chi connectivity index (χ0v) is 13.3. The molecule has 7 heteroatoms. The van der Waals surface area contributed by atoms with Crippen LogP contribution in [0.2, 0.25) is 0 Å². The highest BCUT2D eigenvalue weighted by atomic mass is 19.1. The molecule has 0 bridgehead atoms. The van der Waals surface area contributed by atoms with Crippen LogP contribution in [0.4, 0.5) is 9.18 Å². The number of carbonyl (C=O) groups excluding carboxylic acids is 1. The Kier molecular flexibility index (Phi) is 5.43. The predicted molar refractivity (Wildman–Crippen MR) is 85.9 cm³/mol. The van der Waals surface area contributed by atoms with Crippen LogP contribution in [0.3, 0.4) is 0 Å².